The van der Waals surface area contributed by atoms with Gasteiger partial charge in [0.05, 0.1) is 10.7 Å². The number of aliphatic carboxylic acids is 1. The fourth-order valence-electron chi connectivity index (χ4n) is 2.63. The summed E-state index contributed by atoms with van der Waals surface area (Å²) in [5, 5.41) is 8.58. The van der Waals surface area contributed by atoms with Gasteiger partial charge in [0.25, 0.3) is 0 Å². The summed E-state index contributed by atoms with van der Waals surface area (Å²) in [6, 6.07) is 7.04. The predicted octanol–water partition coefficient (Wildman–Crippen LogP) is 2.42. The molecule has 0 bridgehead atoms. The third kappa shape index (κ3) is 3.37. The summed E-state index contributed by atoms with van der Waals surface area (Å²) >= 11 is 0. The number of carboxylic acid groups (broad SMARTS) is 1. The van der Waals surface area contributed by atoms with Gasteiger partial charge >= 0.3 is 5.97 Å². The molecular weight excluding hydrogens is 292 g/mol. The van der Waals surface area contributed by atoms with Crippen molar-refractivity contribution >= 4 is 15.8 Å². The van der Waals surface area contributed by atoms with E-state index in [0.29, 0.717) is 11.3 Å². The highest BCUT2D eigenvalue weighted by atomic mass is 32.2. The minimum atomic E-state index is -3.28. The van der Waals surface area contributed by atoms with Gasteiger partial charge in [0.15, 0.2) is 9.84 Å². The van der Waals surface area contributed by atoms with Gasteiger partial charge in [-0.2, -0.15) is 0 Å². The molecule has 1 unspecified atom stereocenters. The Bertz CT molecular complexity index is 648. The zero-order chi connectivity index (χ0) is 15.8. The zero-order valence-corrected chi connectivity index (χ0v) is 13.2. The van der Waals surface area contributed by atoms with Crippen LogP contribution in [0.15, 0.2) is 24.3 Å². The molecule has 0 aliphatic carbocycles. The number of hydrogen-bond donors (Lipinski definition) is 1. The van der Waals surface area contributed by atoms with Gasteiger partial charge in [0, 0.05) is 18.2 Å². The SMILES string of the molecule is CC(C)(C[C@H]1CC(S(C)(=O)=O)c2ccccc2O1)C(=O)O. The highest BCUT2D eigenvalue weighted by molar-refractivity contribution is 7.90. The van der Waals surface area contributed by atoms with E-state index in [9.17, 15) is 18.3 Å². The number of fused-ring (bicyclic) bond motifs is 1. The summed E-state index contributed by atoms with van der Waals surface area (Å²) in [6.07, 6.45) is 1.33. The Hall–Kier alpha value is -1.56. The maximum atomic E-state index is 12.0. The minimum absolute atomic E-state index is 0.267. The van der Waals surface area contributed by atoms with Gasteiger partial charge < -0.3 is 9.84 Å². The lowest BCUT2D eigenvalue weighted by Crippen LogP contribution is -2.36. The van der Waals surface area contributed by atoms with Crippen molar-refractivity contribution in [3.8, 4) is 5.75 Å². The topological polar surface area (TPSA) is 80.7 Å². The van der Waals surface area contributed by atoms with Crippen LogP contribution in [0.25, 0.3) is 0 Å². The lowest BCUT2D eigenvalue weighted by Gasteiger charge is -2.34. The van der Waals surface area contributed by atoms with Crippen molar-refractivity contribution in [2.24, 2.45) is 5.41 Å². The Morgan fingerprint density at radius 1 is 1.38 bits per heavy atom. The van der Waals surface area contributed by atoms with Crippen LogP contribution in [-0.2, 0) is 14.6 Å². The van der Waals surface area contributed by atoms with Gasteiger partial charge in [-0.15, -0.1) is 0 Å². The molecule has 5 nitrogen and oxygen atoms in total. The quantitative estimate of drug-likeness (QED) is 0.923. The number of rotatable bonds is 4. The Morgan fingerprint density at radius 2 is 2.00 bits per heavy atom. The van der Waals surface area contributed by atoms with E-state index >= 15 is 0 Å². The molecule has 2 atom stereocenters. The van der Waals surface area contributed by atoms with Crippen molar-refractivity contribution in [3.63, 3.8) is 0 Å². The van der Waals surface area contributed by atoms with Crippen molar-refractivity contribution in [1.29, 1.82) is 0 Å². The second-order valence-corrected chi connectivity index (χ2v) is 8.45. The zero-order valence-electron chi connectivity index (χ0n) is 12.4. The molecule has 1 aromatic carbocycles. The first-order chi connectivity index (χ1) is 9.61. The van der Waals surface area contributed by atoms with Crippen molar-refractivity contribution in [1.82, 2.24) is 0 Å². The standard InChI is InChI=1S/C15H20O5S/c1-15(2,14(16)17)9-10-8-13(21(3,18)19)11-6-4-5-7-12(11)20-10/h4-7,10,13H,8-9H2,1-3H3,(H,16,17)/t10-,13?/m1/s1. The first-order valence-corrected chi connectivity index (χ1v) is 8.74. The maximum Gasteiger partial charge on any atom is 0.309 e. The van der Waals surface area contributed by atoms with Crippen molar-refractivity contribution < 1.29 is 23.1 Å². The number of sulfone groups is 1. The summed E-state index contributed by atoms with van der Waals surface area (Å²) in [6.45, 7) is 3.24. The first-order valence-electron chi connectivity index (χ1n) is 6.79. The van der Waals surface area contributed by atoms with E-state index in [2.05, 4.69) is 0 Å². The van der Waals surface area contributed by atoms with E-state index < -0.39 is 32.6 Å². The van der Waals surface area contributed by atoms with Crippen LogP contribution >= 0.6 is 0 Å². The number of carbonyl (C=O) groups is 1. The van der Waals surface area contributed by atoms with Crippen LogP contribution in [0.4, 0.5) is 0 Å². The maximum absolute atomic E-state index is 12.0. The third-order valence-corrected chi connectivity index (χ3v) is 5.35. The van der Waals surface area contributed by atoms with Gasteiger partial charge in [-0.05, 0) is 26.3 Å². The molecule has 0 amide bonds. The molecule has 0 saturated heterocycles. The molecule has 1 N–H and O–H groups in total. The summed E-state index contributed by atoms with van der Waals surface area (Å²) in [5.41, 5.74) is -0.302. The van der Waals surface area contributed by atoms with Crippen LogP contribution in [0.1, 0.15) is 37.5 Å². The summed E-state index contributed by atoms with van der Waals surface area (Å²) in [5.74, 6) is -0.383. The average molecular weight is 312 g/mol. The molecule has 2 rings (SSSR count). The van der Waals surface area contributed by atoms with Crippen LogP contribution in [-0.4, -0.2) is 31.9 Å². The number of hydrogen-bond acceptors (Lipinski definition) is 4. The van der Waals surface area contributed by atoms with E-state index in [1.165, 1.54) is 6.26 Å². The van der Waals surface area contributed by atoms with E-state index in [1.54, 1.807) is 38.1 Å². The monoisotopic (exact) mass is 312 g/mol. The summed E-state index contributed by atoms with van der Waals surface area (Å²) in [7, 11) is -3.28. The van der Waals surface area contributed by atoms with Crippen LogP contribution in [0, 0.1) is 5.41 Å². The van der Waals surface area contributed by atoms with Crippen LogP contribution < -0.4 is 4.74 Å². The van der Waals surface area contributed by atoms with Gasteiger partial charge in [-0.25, -0.2) is 8.42 Å². The Morgan fingerprint density at radius 3 is 2.57 bits per heavy atom. The molecule has 0 spiro atoms. The average Bonchev–Trinajstić information content (AvgIpc) is 2.36. The minimum Gasteiger partial charge on any atom is -0.490 e. The van der Waals surface area contributed by atoms with Gasteiger partial charge in [0.2, 0.25) is 0 Å². The Labute approximate surface area is 124 Å². The highest BCUT2D eigenvalue weighted by Gasteiger charge is 2.39. The van der Waals surface area contributed by atoms with Crippen LogP contribution in [0.5, 0.6) is 5.75 Å². The number of ether oxygens (including phenoxy) is 1. The molecule has 1 aromatic rings. The second kappa shape index (κ2) is 5.33. The van der Waals surface area contributed by atoms with Crippen LogP contribution in [0.2, 0.25) is 0 Å². The fraction of sp³-hybridized carbons (Fsp3) is 0.533. The van der Waals surface area contributed by atoms with E-state index in [-0.39, 0.29) is 12.8 Å². The molecule has 1 aliphatic heterocycles. The number of carboxylic acids is 1. The first kappa shape index (κ1) is 15.8. The lowest BCUT2D eigenvalue weighted by atomic mass is 9.84. The molecule has 6 heteroatoms. The normalized spacial score (nSPS) is 22.2. The Kier molecular flexibility index (Phi) is 4.02. The molecule has 1 aliphatic rings. The predicted molar refractivity (Wildman–Crippen MR) is 79.1 cm³/mol. The summed E-state index contributed by atoms with van der Waals surface area (Å²) < 4.78 is 29.9. The molecular formula is C15H20O5S. The Balaban J connectivity index is 2.33. The van der Waals surface area contributed by atoms with E-state index in [4.69, 9.17) is 4.74 Å². The largest absolute Gasteiger partial charge is 0.490 e. The molecule has 0 saturated carbocycles. The second-order valence-electron chi connectivity index (χ2n) is 6.22. The molecule has 0 fully saturated rings. The highest BCUT2D eigenvalue weighted by Crippen LogP contribution is 2.41. The number of benzene rings is 1. The fourth-order valence-corrected chi connectivity index (χ4v) is 3.85. The van der Waals surface area contributed by atoms with Crippen LogP contribution in [0.3, 0.4) is 0 Å². The van der Waals surface area contributed by atoms with Gasteiger partial charge in [0.1, 0.15) is 11.9 Å². The van der Waals surface area contributed by atoms with Crippen molar-refractivity contribution in [2.75, 3.05) is 6.26 Å². The molecule has 21 heavy (non-hydrogen) atoms. The van der Waals surface area contributed by atoms with Crippen molar-refractivity contribution in [2.45, 2.75) is 38.0 Å². The molecule has 116 valence electrons. The number of para-hydroxylation sites is 1. The summed E-state index contributed by atoms with van der Waals surface area (Å²) in [4.78, 5) is 11.2. The lowest BCUT2D eigenvalue weighted by molar-refractivity contribution is -0.148. The molecule has 1 heterocycles. The third-order valence-electron chi connectivity index (χ3n) is 3.87. The van der Waals surface area contributed by atoms with Crippen molar-refractivity contribution in [3.05, 3.63) is 29.8 Å². The smallest absolute Gasteiger partial charge is 0.309 e. The molecule has 0 aromatic heterocycles. The van der Waals surface area contributed by atoms with E-state index in [1.807, 2.05) is 0 Å². The van der Waals surface area contributed by atoms with Gasteiger partial charge in [-0.3, -0.25) is 4.79 Å². The van der Waals surface area contributed by atoms with E-state index in [0.717, 1.165) is 0 Å². The van der Waals surface area contributed by atoms with Gasteiger partial charge in [-0.1, -0.05) is 18.2 Å². The molecule has 0 radical (unpaired) electrons.